The number of aliphatic carboxylic acids is 1. The van der Waals surface area contributed by atoms with Crippen molar-refractivity contribution in [3.63, 3.8) is 0 Å². The largest absolute Gasteiger partial charge is 0.496 e. The van der Waals surface area contributed by atoms with Gasteiger partial charge in [-0.1, -0.05) is 19.1 Å². The highest BCUT2D eigenvalue weighted by atomic mass is 16.5. The summed E-state index contributed by atoms with van der Waals surface area (Å²) in [5.74, 6) is -0.366. The molecular weight excluding hydrogens is 244 g/mol. The van der Waals surface area contributed by atoms with Crippen LogP contribution in [0.25, 0.3) is 0 Å². The molecular formula is C14H22N2O3. The molecule has 0 fully saturated rings. The van der Waals surface area contributed by atoms with Gasteiger partial charge in [0.1, 0.15) is 11.8 Å². The maximum Gasteiger partial charge on any atom is 0.322 e. The van der Waals surface area contributed by atoms with Crippen LogP contribution in [0.3, 0.4) is 0 Å². The van der Waals surface area contributed by atoms with Gasteiger partial charge in [0.05, 0.1) is 13.2 Å². The van der Waals surface area contributed by atoms with Crippen molar-refractivity contribution in [2.45, 2.75) is 25.4 Å². The Bertz CT molecular complexity index is 446. The minimum absolute atomic E-state index is 0.432. The van der Waals surface area contributed by atoms with Gasteiger partial charge in [-0.05, 0) is 32.1 Å². The lowest BCUT2D eigenvalue weighted by molar-refractivity contribution is -0.140. The lowest BCUT2D eigenvalue weighted by Gasteiger charge is -2.29. The fourth-order valence-electron chi connectivity index (χ4n) is 2.16. The van der Waals surface area contributed by atoms with Crippen molar-refractivity contribution in [1.82, 2.24) is 4.90 Å². The summed E-state index contributed by atoms with van der Waals surface area (Å²) < 4.78 is 5.33. The number of hydrogen-bond donors (Lipinski definition) is 2. The molecule has 106 valence electrons. The smallest absolute Gasteiger partial charge is 0.322 e. The van der Waals surface area contributed by atoms with Crippen molar-refractivity contribution in [2.75, 3.05) is 21.2 Å². The van der Waals surface area contributed by atoms with Crippen LogP contribution in [0, 0.1) is 0 Å². The first-order chi connectivity index (χ1) is 8.92. The Labute approximate surface area is 114 Å². The number of rotatable bonds is 6. The molecule has 1 aromatic rings. The van der Waals surface area contributed by atoms with E-state index in [1.807, 2.05) is 39.2 Å². The highest BCUT2D eigenvalue weighted by Crippen LogP contribution is 2.31. The van der Waals surface area contributed by atoms with Crippen LogP contribution in [0.1, 0.15) is 24.1 Å². The molecule has 0 heterocycles. The van der Waals surface area contributed by atoms with Gasteiger partial charge in [-0.25, -0.2) is 0 Å². The highest BCUT2D eigenvalue weighted by Gasteiger charge is 2.30. The number of nitrogens with two attached hydrogens (primary N) is 1. The minimum Gasteiger partial charge on any atom is -0.496 e. The van der Waals surface area contributed by atoms with Crippen molar-refractivity contribution >= 4 is 5.97 Å². The van der Waals surface area contributed by atoms with E-state index < -0.39 is 18.1 Å². The van der Waals surface area contributed by atoms with Crippen LogP contribution >= 0.6 is 0 Å². The van der Waals surface area contributed by atoms with Crippen LogP contribution in [-0.4, -0.2) is 43.2 Å². The Kier molecular flexibility index (Phi) is 5.32. The molecule has 0 radical (unpaired) electrons. The van der Waals surface area contributed by atoms with E-state index in [2.05, 4.69) is 0 Å². The van der Waals surface area contributed by atoms with Gasteiger partial charge in [-0.2, -0.15) is 0 Å². The van der Waals surface area contributed by atoms with Gasteiger partial charge < -0.3 is 20.5 Å². The Morgan fingerprint density at radius 2 is 2.11 bits per heavy atom. The quantitative estimate of drug-likeness (QED) is 0.811. The fraction of sp³-hybridized carbons (Fsp3) is 0.500. The minimum atomic E-state index is -1.03. The Morgan fingerprint density at radius 3 is 2.53 bits per heavy atom. The maximum absolute atomic E-state index is 11.2. The van der Waals surface area contributed by atoms with Gasteiger partial charge in [0.2, 0.25) is 0 Å². The lowest BCUT2D eigenvalue weighted by atomic mass is 9.95. The van der Waals surface area contributed by atoms with Crippen LogP contribution in [0.2, 0.25) is 0 Å². The zero-order valence-electron chi connectivity index (χ0n) is 11.9. The van der Waals surface area contributed by atoms with Crippen molar-refractivity contribution in [3.8, 4) is 5.75 Å². The van der Waals surface area contributed by atoms with Crippen molar-refractivity contribution in [3.05, 3.63) is 29.3 Å². The summed E-state index contributed by atoms with van der Waals surface area (Å²) in [5.41, 5.74) is 7.74. The predicted octanol–water partition coefficient (Wildman–Crippen LogP) is 1.27. The van der Waals surface area contributed by atoms with E-state index in [4.69, 9.17) is 15.6 Å². The summed E-state index contributed by atoms with van der Waals surface area (Å²) in [6.07, 6.45) is 0.874. The van der Waals surface area contributed by atoms with E-state index >= 15 is 0 Å². The number of likely N-dealkylation sites (N-methyl/N-ethyl adjacent to an activating group) is 1. The van der Waals surface area contributed by atoms with Gasteiger partial charge >= 0.3 is 5.97 Å². The third-order valence-electron chi connectivity index (χ3n) is 3.20. The van der Waals surface area contributed by atoms with E-state index in [1.54, 1.807) is 12.0 Å². The zero-order valence-corrected chi connectivity index (χ0v) is 11.9. The SMILES string of the molecule is CCc1ccc(OC)c(C(C(N)C(=O)O)N(C)C)c1. The fourth-order valence-corrected chi connectivity index (χ4v) is 2.16. The molecule has 5 heteroatoms. The Hall–Kier alpha value is -1.59. The maximum atomic E-state index is 11.2. The molecule has 0 amide bonds. The van der Waals surface area contributed by atoms with Crippen LogP contribution in [0.5, 0.6) is 5.75 Å². The van der Waals surface area contributed by atoms with E-state index in [0.29, 0.717) is 5.75 Å². The molecule has 5 nitrogen and oxygen atoms in total. The number of hydrogen-bond acceptors (Lipinski definition) is 4. The molecule has 1 aromatic carbocycles. The average molecular weight is 266 g/mol. The van der Waals surface area contributed by atoms with Crippen LogP contribution in [-0.2, 0) is 11.2 Å². The predicted molar refractivity (Wildman–Crippen MR) is 74.4 cm³/mol. The Morgan fingerprint density at radius 1 is 1.47 bits per heavy atom. The second-order valence-corrected chi connectivity index (χ2v) is 4.70. The molecule has 1 rings (SSSR count). The Balaban J connectivity index is 3.31. The van der Waals surface area contributed by atoms with Gasteiger partial charge in [0.15, 0.2) is 0 Å². The molecule has 19 heavy (non-hydrogen) atoms. The molecule has 0 aliphatic carbocycles. The topological polar surface area (TPSA) is 75.8 Å². The van der Waals surface area contributed by atoms with Crippen molar-refractivity contribution in [1.29, 1.82) is 0 Å². The molecule has 0 saturated carbocycles. The number of aryl methyl sites for hydroxylation is 1. The summed E-state index contributed by atoms with van der Waals surface area (Å²) in [6.45, 7) is 2.05. The number of ether oxygens (including phenoxy) is 1. The van der Waals surface area contributed by atoms with Crippen LogP contribution in [0.4, 0.5) is 0 Å². The van der Waals surface area contributed by atoms with Gasteiger partial charge in [-0.3, -0.25) is 4.79 Å². The molecule has 3 N–H and O–H groups in total. The van der Waals surface area contributed by atoms with Gasteiger partial charge in [0, 0.05) is 5.56 Å². The van der Waals surface area contributed by atoms with E-state index in [0.717, 1.165) is 17.5 Å². The summed E-state index contributed by atoms with van der Waals surface area (Å²) in [5, 5.41) is 9.16. The third kappa shape index (κ3) is 3.45. The first-order valence-corrected chi connectivity index (χ1v) is 6.24. The number of carboxylic acids is 1. The van der Waals surface area contributed by atoms with Crippen molar-refractivity contribution in [2.24, 2.45) is 5.73 Å². The molecule has 0 bridgehead atoms. The number of methoxy groups -OCH3 is 1. The first kappa shape index (κ1) is 15.5. The van der Waals surface area contributed by atoms with Gasteiger partial charge in [-0.15, -0.1) is 0 Å². The summed E-state index contributed by atoms with van der Waals surface area (Å²) in [4.78, 5) is 13.0. The normalized spacial score (nSPS) is 14.2. The van der Waals surface area contributed by atoms with E-state index in [-0.39, 0.29) is 0 Å². The van der Waals surface area contributed by atoms with Gasteiger partial charge in [0.25, 0.3) is 0 Å². The van der Waals surface area contributed by atoms with E-state index in [1.165, 1.54) is 0 Å². The summed E-state index contributed by atoms with van der Waals surface area (Å²) >= 11 is 0. The molecule has 0 spiro atoms. The molecule has 0 aliphatic rings. The summed E-state index contributed by atoms with van der Waals surface area (Å²) in [7, 11) is 5.19. The first-order valence-electron chi connectivity index (χ1n) is 6.24. The summed E-state index contributed by atoms with van der Waals surface area (Å²) in [6, 6.07) is 4.36. The molecule has 0 aromatic heterocycles. The standard InChI is InChI=1S/C14H22N2O3/c1-5-9-6-7-11(19-4)10(8-9)13(16(2)3)12(15)14(17)18/h6-8,12-13H,5,15H2,1-4H3,(H,17,18). The number of benzene rings is 1. The highest BCUT2D eigenvalue weighted by molar-refractivity contribution is 5.74. The number of carboxylic acid groups (broad SMARTS) is 1. The molecule has 0 saturated heterocycles. The van der Waals surface area contributed by atoms with Crippen LogP contribution < -0.4 is 10.5 Å². The van der Waals surface area contributed by atoms with Crippen LogP contribution in [0.15, 0.2) is 18.2 Å². The number of nitrogens with zero attached hydrogens (tertiary/aromatic N) is 1. The molecule has 0 aliphatic heterocycles. The third-order valence-corrected chi connectivity index (χ3v) is 3.20. The zero-order chi connectivity index (χ0) is 14.6. The lowest BCUT2D eigenvalue weighted by Crippen LogP contribution is -2.43. The second-order valence-electron chi connectivity index (χ2n) is 4.70. The molecule has 2 atom stereocenters. The monoisotopic (exact) mass is 266 g/mol. The number of carbonyl (C=O) groups is 1. The second kappa shape index (κ2) is 6.54. The average Bonchev–Trinajstić information content (AvgIpc) is 2.38. The molecule has 2 unspecified atom stereocenters. The van der Waals surface area contributed by atoms with E-state index in [9.17, 15) is 4.79 Å². The van der Waals surface area contributed by atoms with Crippen molar-refractivity contribution < 1.29 is 14.6 Å².